The third kappa shape index (κ3) is 3.85. The molecule has 1 aromatic heterocycles. The van der Waals surface area contributed by atoms with Crippen molar-refractivity contribution >= 4 is 61.1 Å². The Morgan fingerprint density at radius 2 is 2.04 bits per heavy atom. The fraction of sp³-hybridized carbons (Fsp3) is 0.412. The molecule has 2 aromatic rings. The first-order valence-electron chi connectivity index (χ1n) is 8.05. The summed E-state index contributed by atoms with van der Waals surface area (Å²) in [6.07, 6.45) is -0.436. The smallest absolute Gasteiger partial charge is 0.423 e. The van der Waals surface area contributed by atoms with E-state index in [0.717, 1.165) is 25.6 Å². The van der Waals surface area contributed by atoms with Crippen LogP contribution < -0.4 is 0 Å². The number of carbonyl (C=O) groups excluding carboxylic acids is 2. The molecular formula is C17H18AlClN2O4S. The molecule has 0 saturated heterocycles. The van der Waals surface area contributed by atoms with Crippen LogP contribution in [0.4, 0.5) is 9.59 Å². The van der Waals surface area contributed by atoms with Crippen LogP contribution in [-0.4, -0.2) is 50.2 Å². The summed E-state index contributed by atoms with van der Waals surface area (Å²) in [7, 11) is 0. The number of amides is 2. The Balaban J connectivity index is 2.05. The zero-order valence-electron chi connectivity index (χ0n) is 14.7. The fourth-order valence-corrected chi connectivity index (χ4v) is 4.74. The predicted molar refractivity (Wildman–Crippen MR) is 101 cm³/mol. The van der Waals surface area contributed by atoms with E-state index in [9.17, 15) is 9.59 Å². The number of thiophene rings is 1. The van der Waals surface area contributed by atoms with E-state index in [-0.39, 0.29) is 6.54 Å². The van der Waals surface area contributed by atoms with Crippen LogP contribution in [0.5, 0.6) is 0 Å². The summed E-state index contributed by atoms with van der Waals surface area (Å²) in [6, 6.07) is 7.43. The second kappa shape index (κ2) is 7.37. The van der Waals surface area contributed by atoms with Crippen molar-refractivity contribution in [3.63, 3.8) is 0 Å². The van der Waals surface area contributed by atoms with E-state index >= 15 is 0 Å². The maximum atomic E-state index is 12.6. The lowest BCUT2D eigenvalue weighted by molar-refractivity contribution is -0.0503. The number of carbonyl (C=O) groups is 2. The topological polar surface area (TPSA) is 59.1 Å². The minimum absolute atomic E-state index is 0.238. The Bertz CT molecular complexity index is 851. The van der Waals surface area contributed by atoms with Crippen LogP contribution in [0.25, 0.3) is 10.1 Å². The molecule has 1 aromatic carbocycles. The SMILES string of the molecule is CC(C)(C)OC(=O)N1Cc2c(sc3ccccc23)C(N([O][Al])C(=O)Cl)C1. The molecule has 0 N–H and O–H groups in total. The molecule has 0 aliphatic carbocycles. The molecule has 9 heteroatoms. The zero-order valence-corrected chi connectivity index (χ0v) is 17.4. The summed E-state index contributed by atoms with van der Waals surface area (Å²) < 4.78 is 11.7. The van der Waals surface area contributed by atoms with Gasteiger partial charge in [-0.25, -0.2) is 9.86 Å². The van der Waals surface area contributed by atoms with E-state index in [0.29, 0.717) is 6.54 Å². The highest BCUT2D eigenvalue weighted by atomic mass is 35.5. The van der Waals surface area contributed by atoms with Gasteiger partial charge in [-0.1, -0.05) is 18.2 Å². The molecule has 2 amide bonds. The van der Waals surface area contributed by atoms with Crippen molar-refractivity contribution in [1.82, 2.24) is 9.96 Å². The maximum Gasteiger partial charge on any atom is 0.423 e. The molecule has 1 atom stereocenters. The van der Waals surface area contributed by atoms with Gasteiger partial charge in [0.2, 0.25) is 0 Å². The van der Waals surface area contributed by atoms with Crippen LogP contribution in [-0.2, 0) is 15.2 Å². The Kier molecular flexibility index (Phi) is 5.52. The van der Waals surface area contributed by atoms with Gasteiger partial charge in [0, 0.05) is 9.58 Å². The molecule has 2 radical (unpaired) electrons. The lowest BCUT2D eigenvalue weighted by Gasteiger charge is -2.38. The van der Waals surface area contributed by atoms with Gasteiger partial charge in [-0.15, -0.1) is 11.3 Å². The first-order valence-corrected chi connectivity index (χ1v) is 9.71. The molecule has 0 saturated carbocycles. The number of hydroxylamine groups is 2. The minimum atomic E-state index is -0.751. The van der Waals surface area contributed by atoms with E-state index in [2.05, 4.69) is 0 Å². The third-order valence-electron chi connectivity index (χ3n) is 4.00. The second-order valence-corrected chi connectivity index (χ2v) is 8.62. The minimum Gasteiger partial charge on any atom is -0.444 e. The highest BCUT2D eigenvalue weighted by Crippen LogP contribution is 2.42. The van der Waals surface area contributed by atoms with Crippen LogP contribution in [0, 0.1) is 0 Å². The van der Waals surface area contributed by atoms with Gasteiger partial charge < -0.3 is 13.5 Å². The number of ether oxygens (including phenoxy) is 1. The van der Waals surface area contributed by atoms with E-state index in [1.165, 1.54) is 0 Å². The number of nitrogens with zero attached hydrogens (tertiary/aromatic N) is 2. The van der Waals surface area contributed by atoms with Crippen LogP contribution in [0.2, 0.25) is 0 Å². The molecule has 1 aliphatic rings. The lowest BCUT2D eigenvalue weighted by Crippen LogP contribution is -2.46. The molecular weight excluding hydrogens is 391 g/mol. The molecule has 0 spiro atoms. The number of hydrogen-bond acceptors (Lipinski definition) is 5. The Morgan fingerprint density at radius 1 is 1.35 bits per heavy atom. The molecule has 1 aliphatic heterocycles. The molecule has 136 valence electrons. The number of halogens is 1. The fourth-order valence-electron chi connectivity index (χ4n) is 2.98. The summed E-state index contributed by atoms with van der Waals surface area (Å²) in [5.74, 6) is 0. The van der Waals surface area contributed by atoms with E-state index < -0.39 is 23.1 Å². The number of hydrogen-bond donors (Lipinski definition) is 0. The summed E-state index contributed by atoms with van der Waals surface area (Å²) in [6.45, 7) is 6.10. The first-order chi connectivity index (χ1) is 12.2. The van der Waals surface area contributed by atoms with Crippen molar-refractivity contribution in [3.05, 3.63) is 34.7 Å². The van der Waals surface area contributed by atoms with E-state index in [4.69, 9.17) is 20.2 Å². The molecule has 3 rings (SSSR count). The average molecular weight is 409 g/mol. The predicted octanol–water partition coefficient (Wildman–Crippen LogP) is 4.37. The zero-order chi connectivity index (χ0) is 19.1. The number of rotatable bonds is 2. The highest BCUT2D eigenvalue weighted by molar-refractivity contribution is 7.19. The van der Waals surface area contributed by atoms with Crippen molar-refractivity contribution in [2.24, 2.45) is 0 Å². The average Bonchev–Trinajstić information content (AvgIpc) is 2.92. The van der Waals surface area contributed by atoms with Gasteiger partial charge in [0.05, 0.1) is 13.1 Å². The summed E-state index contributed by atoms with van der Waals surface area (Å²) in [5.41, 5.74) is 0.375. The third-order valence-corrected chi connectivity index (χ3v) is 5.70. The summed E-state index contributed by atoms with van der Waals surface area (Å²) in [5, 5.41) is 1.37. The Morgan fingerprint density at radius 3 is 2.65 bits per heavy atom. The maximum absolute atomic E-state index is 12.6. The molecule has 0 fully saturated rings. The largest absolute Gasteiger partial charge is 0.444 e. The molecule has 1 unspecified atom stereocenters. The van der Waals surface area contributed by atoms with Gasteiger partial charge in [-0.2, -0.15) is 0 Å². The standard InChI is InChI=1S/C17H18ClN2O4S.Al/c1-17(2,3)24-16(22)19-8-11-10-6-4-5-7-13(10)25-14(11)12(9-19)20(23)15(18)21;/h4-7,12H,8-9H2,1-3H3;/q-1;+1. The number of benzene rings is 1. The van der Waals surface area contributed by atoms with E-state index in [1.54, 1.807) is 16.2 Å². The summed E-state index contributed by atoms with van der Waals surface area (Å²) >= 11 is 9.31. The summed E-state index contributed by atoms with van der Waals surface area (Å²) in [4.78, 5) is 27.0. The molecule has 6 nitrogen and oxygen atoms in total. The first kappa shape index (κ1) is 19.5. The van der Waals surface area contributed by atoms with Crippen molar-refractivity contribution in [3.8, 4) is 0 Å². The highest BCUT2D eigenvalue weighted by Gasteiger charge is 2.37. The lowest BCUT2D eigenvalue weighted by atomic mass is 10.0. The van der Waals surface area contributed by atoms with Gasteiger partial charge in [0.15, 0.2) is 0 Å². The quantitative estimate of drug-likeness (QED) is 0.320. The van der Waals surface area contributed by atoms with Gasteiger partial charge in [0.1, 0.15) is 11.6 Å². The van der Waals surface area contributed by atoms with Gasteiger partial charge in [-0.05, 0) is 49.4 Å². The van der Waals surface area contributed by atoms with Gasteiger partial charge in [-0.3, -0.25) is 4.79 Å². The molecule has 26 heavy (non-hydrogen) atoms. The Hall–Kier alpha value is -1.30. The van der Waals surface area contributed by atoms with Crippen LogP contribution in [0.15, 0.2) is 24.3 Å². The molecule has 0 bridgehead atoms. The Labute approximate surface area is 169 Å². The molecule has 2 heterocycles. The monoisotopic (exact) mass is 408 g/mol. The number of fused-ring (bicyclic) bond motifs is 3. The van der Waals surface area contributed by atoms with Crippen molar-refractivity contribution in [1.29, 1.82) is 0 Å². The van der Waals surface area contributed by atoms with Gasteiger partial charge in [0.25, 0.3) is 0 Å². The van der Waals surface area contributed by atoms with E-state index in [1.807, 2.05) is 61.7 Å². The van der Waals surface area contributed by atoms with Crippen molar-refractivity contribution in [2.75, 3.05) is 6.54 Å². The van der Waals surface area contributed by atoms with Crippen molar-refractivity contribution < 1.29 is 18.2 Å². The van der Waals surface area contributed by atoms with Crippen molar-refractivity contribution in [2.45, 2.75) is 39.0 Å². The normalized spacial score (nSPS) is 17.1. The second-order valence-electron chi connectivity index (χ2n) is 7.00. The van der Waals surface area contributed by atoms with Gasteiger partial charge >= 0.3 is 28.1 Å². The van der Waals surface area contributed by atoms with Crippen LogP contribution >= 0.6 is 22.9 Å². The van der Waals surface area contributed by atoms with Crippen LogP contribution in [0.3, 0.4) is 0 Å². The van der Waals surface area contributed by atoms with Crippen LogP contribution in [0.1, 0.15) is 37.3 Å².